The molecule has 1 N–H and O–H groups in total. The van der Waals surface area contributed by atoms with Crippen molar-refractivity contribution < 1.29 is 23.9 Å². The maximum Gasteiger partial charge on any atom is 0.338 e. The van der Waals surface area contributed by atoms with Crippen molar-refractivity contribution in [3.8, 4) is 5.75 Å². The molecule has 0 saturated carbocycles. The summed E-state index contributed by atoms with van der Waals surface area (Å²) < 4.78 is 10.6. The predicted molar refractivity (Wildman–Crippen MR) is 89.5 cm³/mol. The van der Waals surface area contributed by atoms with E-state index in [1.807, 2.05) is 24.3 Å². The van der Waals surface area contributed by atoms with Gasteiger partial charge in [-0.15, -0.1) is 0 Å². The second-order valence-corrected chi connectivity index (χ2v) is 5.61. The molecule has 25 heavy (non-hydrogen) atoms. The second kappa shape index (κ2) is 7.61. The molecule has 0 aliphatic carbocycles. The Labute approximate surface area is 144 Å². The van der Waals surface area contributed by atoms with E-state index in [2.05, 4.69) is 5.32 Å². The van der Waals surface area contributed by atoms with E-state index in [0.29, 0.717) is 24.9 Å². The van der Waals surface area contributed by atoms with Crippen LogP contribution in [-0.2, 0) is 9.53 Å². The molecule has 1 aliphatic heterocycles. The molecule has 0 fully saturated rings. The Hall–Kier alpha value is -3.15. The van der Waals surface area contributed by atoms with Gasteiger partial charge in [-0.3, -0.25) is 9.59 Å². The van der Waals surface area contributed by atoms with Crippen molar-refractivity contribution in [2.45, 2.75) is 12.5 Å². The minimum absolute atomic E-state index is 0.164. The number of fused-ring (bicyclic) bond motifs is 1. The molecule has 3 rings (SSSR count). The standard InChI is InChI=1S/C19H17NO5/c21-11-13-5-7-14(8-6-13)19(23)25-12-18(22)20-16-9-10-24-17-4-2-1-3-15(16)17/h1-8,11,16H,9-10,12H2,(H,20,22). The van der Waals surface area contributed by atoms with Crippen LogP contribution in [0.15, 0.2) is 48.5 Å². The summed E-state index contributed by atoms with van der Waals surface area (Å²) in [5.74, 6) is -0.231. The van der Waals surface area contributed by atoms with E-state index < -0.39 is 5.97 Å². The number of hydrogen-bond acceptors (Lipinski definition) is 5. The number of rotatable bonds is 5. The molecule has 1 unspecified atom stereocenters. The van der Waals surface area contributed by atoms with Crippen molar-refractivity contribution in [2.75, 3.05) is 13.2 Å². The summed E-state index contributed by atoms with van der Waals surface area (Å²) >= 11 is 0. The molecule has 128 valence electrons. The monoisotopic (exact) mass is 339 g/mol. The first kappa shape index (κ1) is 16.7. The van der Waals surface area contributed by atoms with Gasteiger partial charge in [0.2, 0.25) is 0 Å². The number of hydrogen-bond donors (Lipinski definition) is 1. The molecule has 2 aromatic rings. The van der Waals surface area contributed by atoms with Crippen molar-refractivity contribution in [1.82, 2.24) is 5.32 Å². The van der Waals surface area contributed by atoms with E-state index >= 15 is 0 Å². The lowest BCUT2D eigenvalue weighted by molar-refractivity contribution is -0.125. The largest absolute Gasteiger partial charge is 0.493 e. The van der Waals surface area contributed by atoms with Crippen LogP contribution >= 0.6 is 0 Å². The summed E-state index contributed by atoms with van der Waals surface area (Å²) in [6.45, 7) is 0.151. The lowest BCUT2D eigenvalue weighted by Crippen LogP contribution is -2.35. The lowest BCUT2D eigenvalue weighted by Gasteiger charge is -2.26. The van der Waals surface area contributed by atoms with Gasteiger partial charge in [0.15, 0.2) is 6.61 Å². The van der Waals surface area contributed by atoms with E-state index in [9.17, 15) is 14.4 Å². The summed E-state index contributed by atoms with van der Waals surface area (Å²) in [5.41, 5.74) is 1.67. The summed E-state index contributed by atoms with van der Waals surface area (Å²) in [4.78, 5) is 34.6. The third-order valence-corrected chi connectivity index (χ3v) is 3.91. The van der Waals surface area contributed by atoms with Gasteiger partial charge in [0.05, 0.1) is 18.2 Å². The van der Waals surface area contributed by atoms with Gasteiger partial charge in [-0.25, -0.2) is 4.79 Å². The molecular weight excluding hydrogens is 322 g/mol. The van der Waals surface area contributed by atoms with Crippen LogP contribution < -0.4 is 10.1 Å². The number of nitrogens with one attached hydrogen (secondary N) is 1. The first-order valence-electron chi connectivity index (χ1n) is 7.91. The van der Waals surface area contributed by atoms with Crippen LogP contribution in [0.1, 0.15) is 38.7 Å². The van der Waals surface area contributed by atoms with Gasteiger partial charge in [0, 0.05) is 17.5 Å². The molecule has 0 saturated heterocycles. The minimum Gasteiger partial charge on any atom is -0.493 e. The number of esters is 1. The molecule has 1 heterocycles. The third kappa shape index (κ3) is 4.03. The van der Waals surface area contributed by atoms with Crippen molar-refractivity contribution >= 4 is 18.2 Å². The topological polar surface area (TPSA) is 81.7 Å². The average Bonchev–Trinajstić information content (AvgIpc) is 2.66. The number of ether oxygens (including phenoxy) is 2. The Morgan fingerprint density at radius 3 is 2.68 bits per heavy atom. The fraction of sp³-hybridized carbons (Fsp3) is 0.211. The highest BCUT2D eigenvalue weighted by atomic mass is 16.5. The fourth-order valence-electron chi connectivity index (χ4n) is 2.64. The molecular formula is C19H17NO5. The van der Waals surface area contributed by atoms with Crippen LogP contribution in [0, 0.1) is 0 Å². The zero-order chi connectivity index (χ0) is 17.6. The SMILES string of the molecule is O=Cc1ccc(C(=O)OCC(=O)NC2CCOc3ccccc32)cc1. The molecule has 0 aromatic heterocycles. The van der Waals surface area contributed by atoms with Crippen LogP contribution in [0.5, 0.6) is 5.75 Å². The Bertz CT molecular complexity index is 785. The highest BCUT2D eigenvalue weighted by Gasteiger charge is 2.23. The molecule has 0 radical (unpaired) electrons. The normalized spacial score (nSPS) is 15.4. The van der Waals surface area contributed by atoms with E-state index in [4.69, 9.17) is 9.47 Å². The zero-order valence-corrected chi connectivity index (χ0v) is 13.4. The minimum atomic E-state index is -0.611. The van der Waals surface area contributed by atoms with E-state index in [-0.39, 0.29) is 24.1 Å². The number of carbonyl (C=O) groups is 3. The number of benzene rings is 2. The van der Waals surface area contributed by atoms with E-state index in [1.54, 1.807) is 0 Å². The quantitative estimate of drug-likeness (QED) is 0.668. The number of carbonyl (C=O) groups excluding carboxylic acids is 3. The number of aldehydes is 1. The Morgan fingerprint density at radius 1 is 1.16 bits per heavy atom. The highest BCUT2D eigenvalue weighted by Crippen LogP contribution is 2.31. The van der Waals surface area contributed by atoms with Gasteiger partial charge < -0.3 is 14.8 Å². The first-order valence-corrected chi connectivity index (χ1v) is 7.91. The fourth-order valence-corrected chi connectivity index (χ4v) is 2.64. The Morgan fingerprint density at radius 2 is 1.92 bits per heavy atom. The molecule has 6 heteroatoms. The van der Waals surface area contributed by atoms with Crippen molar-refractivity contribution in [2.24, 2.45) is 0 Å². The number of para-hydroxylation sites is 1. The van der Waals surface area contributed by atoms with Crippen LogP contribution in [0.4, 0.5) is 0 Å². The maximum absolute atomic E-state index is 12.1. The Kier molecular flexibility index (Phi) is 5.09. The van der Waals surface area contributed by atoms with Crippen LogP contribution in [-0.4, -0.2) is 31.4 Å². The third-order valence-electron chi connectivity index (χ3n) is 3.91. The Balaban J connectivity index is 1.54. The van der Waals surface area contributed by atoms with Gasteiger partial charge in [0.25, 0.3) is 5.91 Å². The molecule has 1 amide bonds. The smallest absolute Gasteiger partial charge is 0.338 e. The maximum atomic E-state index is 12.1. The molecule has 0 bridgehead atoms. The predicted octanol–water partition coefficient (Wildman–Crippen LogP) is 2.30. The summed E-state index contributed by atoms with van der Waals surface area (Å²) in [7, 11) is 0. The molecule has 2 aromatic carbocycles. The molecule has 6 nitrogen and oxygen atoms in total. The van der Waals surface area contributed by atoms with Gasteiger partial charge in [0.1, 0.15) is 12.0 Å². The van der Waals surface area contributed by atoms with Gasteiger partial charge in [-0.2, -0.15) is 0 Å². The number of amides is 1. The first-order chi connectivity index (χ1) is 12.2. The average molecular weight is 339 g/mol. The van der Waals surface area contributed by atoms with Crippen molar-refractivity contribution in [1.29, 1.82) is 0 Å². The zero-order valence-electron chi connectivity index (χ0n) is 13.4. The van der Waals surface area contributed by atoms with Crippen LogP contribution in [0.3, 0.4) is 0 Å². The van der Waals surface area contributed by atoms with Gasteiger partial charge >= 0.3 is 5.97 Å². The van der Waals surface area contributed by atoms with Gasteiger partial charge in [-0.05, 0) is 18.2 Å². The molecule has 1 aliphatic rings. The van der Waals surface area contributed by atoms with Crippen LogP contribution in [0.25, 0.3) is 0 Å². The summed E-state index contributed by atoms with van der Waals surface area (Å²) in [5, 5.41) is 2.86. The summed E-state index contributed by atoms with van der Waals surface area (Å²) in [6, 6.07) is 13.4. The second-order valence-electron chi connectivity index (χ2n) is 5.61. The molecule has 1 atom stereocenters. The summed E-state index contributed by atoms with van der Waals surface area (Å²) in [6.07, 6.45) is 1.35. The van der Waals surface area contributed by atoms with Gasteiger partial charge in [-0.1, -0.05) is 30.3 Å². The van der Waals surface area contributed by atoms with Crippen molar-refractivity contribution in [3.63, 3.8) is 0 Å². The van der Waals surface area contributed by atoms with Crippen LogP contribution in [0.2, 0.25) is 0 Å². The van der Waals surface area contributed by atoms with E-state index in [0.717, 1.165) is 11.3 Å². The molecule has 0 spiro atoms. The lowest BCUT2D eigenvalue weighted by atomic mass is 10.0. The van der Waals surface area contributed by atoms with E-state index in [1.165, 1.54) is 24.3 Å². The van der Waals surface area contributed by atoms with Crippen molar-refractivity contribution in [3.05, 3.63) is 65.2 Å². The highest BCUT2D eigenvalue weighted by molar-refractivity contribution is 5.92.